The summed E-state index contributed by atoms with van der Waals surface area (Å²) in [4.78, 5) is 11.8. The van der Waals surface area contributed by atoms with Crippen LogP contribution in [0.25, 0.3) is 0 Å². The number of rotatable bonds is 5. The molecule has 0 spiro atoms. The Hall–Kier alpha value is -1.31. The molecule has 1 N–H and O–H groups in total. The molecule has 1 aromatic rings. The summed E-state index contributed by atoms with van der Waals surface area (Å²) in [7, 11) is 1.72. The molecular formula is C18H27NO. The third-order valence-corrected chi connectivity index (χ3v) is 4.31. The van der Waals surface area contributed by atoms with Crippen molar-refractivity contribution in [1.82, 2.24) is 5.32 Å². The van der Waals surface area contributed by atoms with E-state index in [0.717, 1.165) is 6.42 Å². The van der Waals surface area contributed by atoms with Gasteiger partial charge >= 0.3 is 0 Å². The minimum atomic E-state index is 0.147. The first-order chi connectivity index (χ1) is 9.60. The Morgan fingerprint density at radius 3 is 2.55 bits per heavy atom. The summed E-state index contributed by atoms with van der Waals surface area (Å²) in [6.45, 7) is 4.46. The van der Waals surface area contributed by atoms with Crippen LogP contribution in [0.15, 0.2) is 18.2 Å². The maximum Gasteiger partial charge on any atom is 0.220 e. The van der Waals surface area contributed by atoms with Crippen LogP contribution >= 0.6 is 0 Å². The largest absolute Gasteiger partial charge is 0.359 e. The molecule has 1 aliphatic carbocycles. The van der Waals surface area contributed by atoms with Gasteiger partial charge in [0.2, 0.25) is 5.91 Å². The fraction of sp³-hybridized carbons (Fsp3) is 0.611. The highest BCUT2D eigenvalue weighted by Crippen LogP contribution is 2.31. The molecule has 110 valence electrons. The normalized spacial score (nSPS) is 15.8. The van der Waals surface area contributed by atoms with Gasteiger partial charge in [-0.2, -0.15) is 0 Å². The first-order valence-electron chi connectivity index (χ1n) is 7.92. The van der Waals surface area contributed by atoms with Gasteiger partial charge in [0, 0.05) is 13.5 Å². The zero-order valence-corrected chi connectivity index (χ0v) is 13.0. The summed E-state index contributed by atoms with van der Waals surface area (Å²) < 4.78 is 0. The lowest BCUT2D eigenvalue weighted by molar-refractivity contribution is -0.121. The highest BCUT2D eigenvalue weighted by Gasteiger charge is 2.19. The Morgan fingerprint density at radius 1 is 1.20 bits per heavy atom. The van der Waals surface area contributed by atoms with Crippen molar-refractivity contribution in [2.45, 2.75) is 58.3 Å². The number of hydrogen-bond acceptors (Lipinski definition) is 1. The highest BCUT2D eigenvalue weighted by atomic mass is 16.1. The van der Waals surface area contributed by atoms with Gasteiger partial charge in [-0.05, 0) is 60.6 Å². The van der Waals surface area contributed by atoms with Gasteiger partial charge in [0.1, 0.15) is 0 Å². The van der Waals surface area contributed by atoms with Crippen LogP contribution in [-0.2, 0) is 17.6 Å². The SMILES string of the molecule is CNC(=O)CC(CC(C)C)c1ccc2c(c1)CCCC2. The smallest absolute Gasteiger partial charge is 0.220 e. The van der Waals surface area contributed by atoms with E-state index in [0.29, 0.717) is 18.3 Å². The van der Waals surface area contributed by atoms with E-state index >= 15 is 0 Å². The average molecular weight is 273 g/mol. The number of fused-ring (bicyclic) bond motifs is 1. The molecule has 2 rings (SSSR count). The van der Waals surface area contributed by atoms with Crippen LogP contribution in [0.3, 0.4) is 0 Å². The molecule has 0 fully saturated rings. The van der Waals surface area contributed by atoms with Crippen LogP contribution in [0.2, 0.25) is 0 Å². The van der Waals surface area contributed by atoms with Crippen LogP contribution in [0.4, 0.5) is 0 Å². The van der Waals surface area contributed by atoms with E-state index in [2.05, 4.69) is 37.4 Å². The van der Waals surface area contributed by atoms with E-state index in [1.807, 2.05) is 0 Å². The maximum absolute atomic E-state index is 11.8. The monoisotopic (exact) mass is 273 g/mol. The molecule has 0 saturated carbocycles. The van der Waals surface area contributed by atoms with Crippen molar-refractivity contribution < 1.29 is 4.79 Å². The van der Waals surface area contributed by atoms with Gasteiger partial charge in [0.05, 0.1) is 0 Å². The van der Waals surface area contributed by atoms with Crippen LogP contribution in [-0.4, -0.2) is 13.0 Å². The fourth-order valence-electron chi connectivity index (χ4n) is 3.24. The van der Waals surface area contributed by atoms with Gasteiger partial charge in [-0.25, -0.2) is 0 Å². The van der Waals surface area contributed by atoms with E-state index in [-0.39, 0.29) is 5.91 Å². The Bertz CT molecular complexity index is 464. The molecule has 0 bridgehead atoms. The molecule has 0 radical (unpaired) electrons. The number of amides is 1. The molecule has 1 atom stereocenters. The molecule has 0 aliphatic heterocycles. The van der Waals surface area contributed by atoms with E-state index in [4.69, 9.17) is 0 Å². The van der Waals surface area contributed by atoms with Gasteiger partial charge in [0.25, 0.3) is 0 Å². The van der Waals surface area contributed by atoms with Gasteiger partial charge in [0.15, 0.2) is 0 Å². The van der Waals surface area contributed by atoms with Crippen molar-refractivity contribution in [2.75, 3.05) is 7.05 Å². The number of hydrogen-bond donors (Lipinski definition) is 1. The van der Waals surface area contributed by atoms with Crippen molar-refractivity contribution in [3.8, 4) is 0 Å². The summed E-state index contributed by atoms with van der Waals surface area (Å²) >= 11 is 0. The van der Waals surface area contributed by atoms with Gasteiger partial charge in [-0.1, -0.05) is 32.0 Å². The Kier molecular flexibility index (Phi) is 5.22. The van der Waals surface area contributed by atoms with Crippen molar-refractivity contribution in [2.24, 2.45) is 5.92 Å². The van der Waals surface area contributed by atoms with E-state index < -0.39 is 0 Å². The van der Waals surface area contributed by atoms with E-state index in [1.54, 1.807) is 7.05 Å². The maximum atomic E-state index is 11.8. The molecule has 1 amide bonds. The van der Waals surface area contributed by atoms with Crippen LogP contribution < -0.4 is 5.32 Å². The first-order valence-corrected chi connectivity index (χ1v) is 7.92. The minimum Gasteiger partial charge on any atom is -0.359 e. The molecular weight excluding hydrogens is 246 g/mol. The summed E-state index contributed by atoms with van der Waals surface area (Å²) in [5.41, 5.74) is 4.38. The first kappa shape index (κ1) is 15.1. The highest BCUT2D eigenvalue weighted by molar-refractivity contribution is 5.76. The molecule has 0 aromatic heterocycles. The fourth-order valence-corrected chi connectivity index (χ4v) is 3.24. The van der Waals surface area contributed by atoms with Crippen molar-refractivity contribution >= 4 is 5.91 Å². The van der Waals surface area contributed by atoms with Crippen LogP contribution in [0, 0.1) is 5.92 Å². The quantitative estimate of drug-likeness (QED) is 0.868. The lowest BCUT2D eigenvalue weighted by Crippen LogP contribution is -2.21. The molecule has 2 heteroatoms. The Balaban J connectivity index is 2.20. The van der Waals surface area contributed by atoms with Crippen molar-refractivity contribution in [1.29, 1.82) is 0 Å². The topological polar surface area (TPSA) is 29.1 Å². The van der Waals surface area contributed by atoms with E-state index in [9.17, 15) is 4.79 Å². The Labute approximate surface area is 123 Å². The third kappa shape index (κ3) is 3.84. The van der Waals surface area contributed by atoms with Gasteiger partial charge in [-0.15, -0.1) is 0 Å². The number of carbonyl (C=O) groups excluding carboxylic acids is 1. The zero-order valence-electron chi connectivity index (χ0n) is 13.0. The van der Waals surface area contributed by atoms with Crippen molar-refractivity contribution in [3.63, 3.8) is 0 Å². The summed E-state index contributed by atoms with van der Waals surface area (Å²) in [5, 5.41) is 2.76. The molecule has 2 nitrogen and oxygen atoms in total. The second-order valence-electron chi connectivity index (χ2n) is 6.44. The molecule has 1 unspecified atom stereocenters. The standard InChI is InChI=1S/C18H27NO/c1-13(2)10-17(12-18(20)19-3)16-9-8-14-6-4-5-7-15(14)11-16/h8-9,11,13,17H,4-7,10,12H2,1-3H3,(H,19,20). The number of benzene rings is 1. The lowest BCUT2D eigenvalue weighted by atomic mass is 9.83. The second-order valence-corrected chi connectivity index (χ2v) is 6.44. The number of nitrogens with one attached hydrogen (secondary N) is 1. The summed E-state index contributed by atoms with van der Waals surface area (Å²) in [6, 6.07) is 6.91. The Morgan fingerprint density at radius 2 is 1.90 bits per heavy atom. The number of carbonyl (C=O) groups is 1. The number of aryl methyl sites for hydroxylation is 2. The van der Waals surface area contributed by atoms with Crippen LogP contribution in [0.5, 0.6) is 0 Å². The predicted octanol–water partition coefficient (Wildman–Crippen LogP) is 3.83. The predicted molar refractivity (Wildman–Crippen MR) is 84.0 cm³/mol. The third-order valence-electron chi connectivity index (χ3n) is 4.31. The van der Waals surface area contributed by atoms with Crippen molar-refractivity contribution in [3.05, 3.63) is 34.9 Å². The average Bonchev–Trinajstić information content (AvgIpc) is 2.45. The van der Waals surface area contributed by atoms with Crippen LogP contribution in [0.1, 0.15) is 62.1 Å². The molecule has 20 heavy (non-hydrogen) atoms. The van der Waals surface area contributed by atoms with E-state index in [1.165, 1.54) is 42.4 Å². The molecule has 1 aliphatic rings. The molecule has 1 aromatic carbocycles. The zero-order chi connectivity index (χ0) is 14.5. The minimum absolute atomic E-state index is 0.147. The molecule has 0 heterocycles. The second kappa shape index (κ2) is 6.92. The van der Waals surface area contributed by atoms with Gasteiger partial charge in [-0.3, -0.25) is 4.79 Å². The lowest BCUT2D eigenvalue weighted by Gasteiger charge is -2.22. The van der Waals surface area contributed by atoms with Gasteiger partial charge < -0.3 is 5.32 Å². The molecule has 0 saturated heterocycles. The summed E-state index contributed by atoms with van der Waals surface area (Å²) in [6.07, 6.45) is 6.73. The summed E-state index contributed by atoms with van der Waals surface area (Å²) in [5.74, 6) is 1.11.